The Morgan fingerprint density at radius 1 is 1.35 bits per heavy atom. The number of carbonyl (C=O) groups is 1. The molecular weight excluding hydrogens is 226 g/mol. The van der Waals surface area contributed by atoms with Crippen LogP contribution in [0.1, 0.15) is 19.3 Å². The van der Waals surface area contributed by atoms with E-state index in [1.54, 1.807) is 0 Å². The largest absolute Gasteiger partial charge is 0.322 e. The van der Waals surface area contributed by atoms with Crippen molar-refractivity contribution in [3.05, 3.63) is 29.8 Å². The lowest BCUT2D eigenvalue weighted by Gasteiger charge is -2.22. The molecule has 5 heteroatoms. The molecule has 3 nitrogen and oxygen atoms in total. The van der Waals surface area contributed by atoms with Gasteiger partial charge in [-0.15, -0.1) is 0 Å². The highest BCUT2D eigenvalue weighted by molar-refractivity contribution is 5.94. The highest BCUT2D eigenvalue weighted by Gasteiger charge is 2.21. The summed E-state index contributed by atoms with van der Waals surface area (Å²) in [6, 6.07) is 2.82. The molecule has 1 aliphatic heterocycles. The molecule has 2 rings (SSSR count). The lowest BCUT2D eigenvalue weighted by Crippen LogP contribution is -2.43. The predicted molar refractivity (Wildman–Crippen MR) is 60.6 cm³/mol. The van der Waals surface area contributed by atoms with Gasteiger partial charge in [0.15, 0.2) is 0 Å². The van der Waals surface area contributed by atoms with Gasteiger partial charge in [-0.2, -0.15) is 0 Å². The van der Waals surface area contributed by atoms with E-state index in [1.807, 2.05) is 0 Å². The number of rotatable bonds is 2. The molecule has 0 unspecified atom stereocenters. The summed E-state index contributed by atoms with van der Waals surface area (Å²) in [4.78, 5) is 11.8. The zero-order valence-corrected chi connectivity index (χ0v) is 9.30. The molecule has 1 atom stereocenters. The van der Waals surface area contributed by atoms with Gasteiger partial charge in [0, 0.05) is 6.07 Å². The molecule has 1 saturated heterocycles. The maximum absolute atomic E-state index is 13.3. The normalized spacial score (nSPS) is 20.0. The van der Waals surface area contributed by atoms with Gasteiger partial charge in [0.2, 0.25) is 5.91 Å². The molecule has 0 spiro atoms. The van der Waals surface area contributed by atoms with Gasteiger partial charge in [0.05, 0.1) is 11.7 Å². The molecule has 92 valence electrons. The maximum atomic E-state index is 13.3. The molecule has 0 saturated carbocycles. The lowest BCUT2D eigenvalue weighted by atomic mass is 10.0. The smallest absolute Gasteiger partial charge is 0.241 e. The Balaban J connectivity index is 2.02. The highest BCUT2D eigenvalue weighted by atomic mass is 19.1. The molecule has 0 radical (unpaired) electrons. The summed E-state index contributed by atoms with van der Waals surface area (Å²) in [6.45, 7) is 0.796. The van der Waals surface area contributed by atoms with Crippen molar-refractivity contribution in [3.8, 4) is 0 Å². The van der Waals surface area contributed by atoms with Crippen LogP contribution in [-0.4, -0.2) is 18.5 Å². The van der Waals surface area contributed by atoms with E-state index in [9.17, 15) is 13.6 Å². The second-order valence-electron chi connectivity index (χ2n) is 4.12. The van der Waals surface area contributed by atoms with Crippen LogP contribution in [0, 0.1) is 11.6 Å². The average Bonchev–Trinajstić information content (AvgIpc) is 2.34. The third-order valence-electron chi connectivity index (χ3n) is 2.82. The van der Waals surface area contributed by atoms with E-state index in [0.29, 0.717) is 0 Å². The molecule has 1 fully saturated rings. The molecule has 1 amide bonds. The van der Waals surface area contributed by atoms with Gasteiger partial charge in [-0.05, 0) is 31.5 Å². The number of hydrogen-bond donors (Lipinski definition) is 2. The van der Waals surface area contributed by atoms with Crippen LogP contribution in [0.4, 0.5) is 14.5 Å². The first-order valence-corrected chi connectivity index (χ1v) is 5.66. The molecule has 1 heterocycles. The Bertz CT molecular complexity index is 417. The molecule has 1 aromatic rings. The molecule has 2 N–H and O–H groups in total. The molecule has 0 aliphatic carbocycles. The monoisotopic (exact) mass is 240 g/mol. The van der Waals surface area contributed by atoms with Gasteiger partial charge in [0.25, 0.3) is 0 Å². The van der Waals surface area contributed by atoms with Crippen molar-refractivity contribution < 1.29 is 13.6 Å². The fourth-order valence-corrected chi connectivity index (χ4v) is 1.89. The SMILES string of the molecule is O=C(Nc1ccc(F)cc1F)[C@H]1CCCCN1. The van der Waals surface area contributed by atoms with Gasteiger partial charge < -0.3 is 10.6 Å². The maximum Gasteiger partial charge on any atom is 0.241 e. The van der Waals surface area contributed by atoms with Gasteiger partial charge in [-0.25, -0.2) is 8.78 Å². The number of amides is 1. The topological polar surface area (TPSA) is 41.1 Å². The van der Waals surface area contributed by atoms with Gasteiger partial charge in [-0.3, -0.25) is 4.79 Å². The lowest BCUT2D eigenvalue weighted by molar-refractivity contribution is -0.118. The fourth-order valence-electron chi connectivity index (χ4n) is 1.89. The van der Waals surface area contributed by atoms with Gasteiger partial charge in [-0.1, -0.05) is 6.42 Å². The van der Waals surface area contributed by atoms with Crippen LogP contribution in [0.2, 0.25) is 0 Å². The summed E-state index contributed by atoms with van der Waals surface area (Å²) in [5.74, 6) is -1.68. The number of nitrogens with one attached hydrogen (secondary N) is 2. The van der Waals surface area contributed by atoms with E-state index in [-0.39, 0.29) is 17.6 Å². The second kappa shape index (κ2) is 5.23. The van der Waals surface area contributed by atoms with E-state index >= 15 is 0 Å². The molecule has 1 aliphatic rings. The van der Waals surface area contributed by atoms with E-state index in [2.05, 4.69) is 10.6 Å². The summed E-state index contributed by atoms with van der Waals surface area (Å²) in [5, 5.41) is 5.53. The van der Waals surface area contributed by atoms with Crippen LogP contribution in [0.25, 0.3) is 0 Å². The summed E-state index contributed by atoms with van der Waals surface area (Å²) in [6.07, 6.45) is 2.78. The van der Waals surface area contributed by atoms with Crippen LogP contribution >= 0.6 is 0 Å². The van der Waals surface area contributed by atoms with Crippen molar-refractivity contribution in [2.75, 3.05) is 11.9 Å². The van der Waals surface area contributed by atoms with Crippen LogP contribution in [0.15, 0.2) is 18.2 Å². The standard InChI is InChI=1S/C12H14F2N2O/c13-8-4-5-10(9(14)7-8)16-12(17)11-3-1-2-6-15-11/h4-5,7,11,15H,1-3,6H2,(H,16,17)/t11-/m1/s1. The molecule has 0 bridgehead atoms. The number of benzene rings is 1. The first-order chi connectivity index (χ1) is 8.16. The molecule has 1 aromatic carbocycles. The van der Waals surface area contributed by atoms with Gasteiger partial charge in [0.1, 0.15) is 11.6 Å². The number of anilines is 1. The number of carbonyl (C=O) groups excluding carboxylic acids is 1. The number of halogens is 2. The van der Waals surface area contributed by atoms with E-state index < -0.39 is 11.6 Å². The minimum absolute atomic E-state index is 0.0174. The van der Waals surface area contributed by atoms with Crippen molar-refractivity contribution in [2.24, 2.45) is 0 Å². The summed E-state index contributed by atoms with van der Waals surface area (Å²) < 4.78 is 26.0. The third-order valence-corrected chi connectivity index (χ3v) is 2.82. The first kappa shape index (κ1) is 12.0. The highest BCUT2D eigenvalue weighted by Crippen LogP contribution is 2.16. The third kappa shape index (κ3) is 3.00. The summed E-state index contributed by atoms with van der Waals surface area (Å²) >= 11 is 0. The summed E-state index contributed by atoms with van der Waals surface area (Å²) in [5.41, 5.74) is 0.0174. The van der Waals surface area contributed by atoms with Crippen molar-refractivity contribution in [2.45, 2.75) is 25.3 Å². The Labute approximate surface area is 98.2 Å². The minimum Gasteiger partial charge on any atom is -0.322 e. The van der Waals surface area contributed by atoms with Gasteiger partial charge >= 0.3 is 0 Å². The van der Waals surface area contributed by atoms with Crippen LogP contribution in [0.3, 0.4) is 0 Å². The quantitative estimate of drug-likeness (QED) is 0.830. The van der Waals surface area contributed by atoms with Crippen LogP contribution in [0.5, 0.6) is 0 Å². The zero-order valence-electron chi connectivity index (χ0n) is 9.30. The van der Waals surface area contributed by atoms with Crippen molar-refractivity contribution in [1.82, 2.24) is 5.32 Å². The molecule has 17 heavy (non-hydrogen) atoms. The first-order valence-electron chi connectivity index (χ1n) is 5.66. The number of hydrogen-bond acceptors (Lipinski definition) is 2. The van der Waals surface area contributed by atoms with Crippen molar-refractivity contribution in [1.29, 1.82) is 0 Å². The molecule has 0 aromatic heterocycles. The second-order valence-corrected chi connectivity index (χ2v) is 4.12. The minimum atomic E-state index is -0.755. The van der Waals surface area contributed by atoms with Crippen molar-refractivity contribution in [3.63, 3.8) is 0 Å². The van der Waals surface area contributed by atoms with E-state index in [4.69, 9.17) is 0 Å². The van der Waals surface area contributed by atoms with Crippen LogP contribution < -0.4 is 10.6 Å². The molecular formula is C12H14F2N2O. The zero-order chi connectivity index (χ0) is 12.3. The average molecular weight is 240 g/mol. The number of piperidine rings is 1. The van der Waals surface area contributed by atoms with Crippen LogP contribution in [-0.2, 0) is 4.79 Å². The van der Waals surface area contributed by atoms with Crippen molar-refractivity contribution >= 4 is 11.6 Å². The van der Waals surface area contributed by atoms with E-state index in [1.165, 1.54) is 6.07 Å². The summed E-state index contributed by atoms with van der Waals surface area (Å²) in [7, 11) is 0. The van der Waals surface area contributed by atoms with E-state index in [0.717, 1.165) is 37.9 Å². The fraction of sp³-hybridized carbons (Fsp3) is 0.417. The Hall–Kier alpha value is -1.49. The Kier molecular flexibility index (Phi) is 3.68. The Morgan fingerprint density at radius 2 is 2.18 bits per heavy atom. The predicted octanol–water partition coefficient (Wildman–Crippen LogP) is 2.05. The Morgan fingerprint density at radius 3 is 2.82 bits per heavy atom.